The van der Waals surface area contributed by atoms with Crippen molar-refractivity contribution in [2.75, 3.05) is 19.8 Å². The number of aliphatic hydroxyl groups is 1. The molecule has 0 radical (unpaired) electrons. The molecule has 1 aliphatic rings. The van der Waals surface area contributed by atoms with Gasteiger partial charge in [0.1, 0.15) is 5.84 Å². The maximum atomic E-state index is 13.9. The minimum Gasteiger partial charge on any atom is -0.394 e. The lowest BCUT2D eigenvalue weighted by Crippen LogP contribution is -2.22. The highest BCUT2D eigenvalue weighted by Crippen LogP contribution is 2.29. The zero-order valence-corrected chi connectivity index (χ0v) is 11.6. The van der Waals surface area contributed by atoms with E-state index in [1.54, 1.807) is 0 Å². The molecule has 1 saturated heterocycles. The third-order valence-electron chi connectivity index (χ3n) is 3.09. The Bertz CT molecular complexity index is 601. The quantitative estimate of drug-likeness (QED) is 0.373. The molecular weight excluding hydrogens is 301 g/mol. The van der Waals surface area contributed by atoms with Gasteiger partial charge in [-0.3, -0.25) is 4.99 Å². The fourth-order valence-electron chi connectivity index (χ4n) is 1.94. The van der Waals surface area contributed by atoms with Crippen LogP contribution in [-0.4, -0.2) is 36.8 Å². The Labute approximate surface area is 124 Å². The van der Waals surface area contributed by atoms with Crippen LogP contribution in [-0.2, 0) is 9.47 Å². The van der Waals surface area contributed by atoms with Gasteiger partial charge in [0.2, 0.25) is 0 Å². The molecule has 1 heterocycles. The molecule has 0 amide bonds. The maximum absolute atomic E-state index is 13.9. The Morgan fingerprint density at radius 1 is 1.36 bits per heavy atom. The molecule has 1 unspecified atom stereocenters. The molecule has 1 fully saturated rings. The van der Waals surface area contributed by atoms with Crippen molar-refractivity contribution in [2.24, 2.45) is 10.7 Å². The highest BCUT2D eigenvalue weighted by Gasteiger charge is 2.28. The number of hydrogen-bond acceptors (Lipinski definition) is 4. The molecule has 120 valence electrons. The van der Waals surface area contributed by atoms with Crippen LogP contribution in [0.4, 0.5) is 13.2 Å². The summed E-state index contributed by atoms with van der Waals surface area (Å²) in [5.41, 5.74) is 4.88. The van der Waals surface area contributed by atoms with E-state index in [4.69, 9.17) is 20.3 Å². The summed E-state index contributed by atoms with van der Waals surface area (Å²) in [5.74, 6) is -4.96. The van der Waals surface area contributed by atoms with Crippen LogP contribution in [0.25, 0.3) is 0 Å². The van der Waals surface area contributed by atoms with Crippen LogP contribution in [0.3, 0.4) is 0 Å². The molecule has 1 aromatic carbocycles. The summed E-state index contributed by atoms with van der Waals surface area (Å²) in [7, 11) is 0. The fourth-order valence-corrected chi connectivity index (χ4v) is 1.94. The number of ether oxygens (including phenoxy) is 2. The first kappa shape index (κ1) is 16.5. The number of aliphatic hydroxyl groups excluding tert-OH is 1. The van der Waals surface area contributed by atoms with Crippen LogP contribution >= 0.6 is 0 Å². The second-order valence-electron chi connectivity index (χ2n) is 4.53. The van der Waals surface area contributed by atoms with E-state index in [9.17, 15) is 13.2 Å². The van der Waals surface area contributed by atoms with Crippen LogP contribution in [0.2, 0.25) is 0 Å². The van der Waals surface area contributed by atoms with Gasteiger partial charge in [-0.15, -0.1) is 6.58 Å². The van der Waals surface area contributed by atoms with E-state index >= 15 is 0 Å². The summed E-state index contributed by atoms with van der Waals surface area (Å²) in [5, 5.41) is 9.02. The molecule has 1 atom stereocenters. The second-order valence-corrected chi connectivity index (χ2v) is 4.53. The molecule has 0 saturated carbocycles. The van der Waals surface area contributed by atoms with Crippen molar-refractivity contribution in [3.8, 4) is 0 Å². The Balaban J connectivity index is 2.49. The number of hydrogen-bond donors (Lipinski definition) is 2. The van der Waals surface area contributed by atoms with Crippen LogP contribution < -0.4 is 5.73 Å². The van der Waals surface area contributed by atoms with Gasteiger partial charge in [-0.05, 0) is 6.07 Å². The predicted octanol–water partition coefficient (Wildman–Crippen LogP) is 1.40. The minimum absolute atomic E-state index is 0.213. The zero-order valence-electron chi connectivity index (χ0n) is 11.6. The van der Waals surface area contributed by atoms with Gasteiger partial charge in [0, 0.05) is 5.56 Å². The summed E-state index contributed by atoms with van der Waals surface area (Å²) in [6.07, 6.45) is 0.157. The van der Waals surface area contributed by atoms with E-state index < -0.39 is 47.8 Å². The van der Waals surface area contributed by atoms with Gasteiger partial charge in [-0.2, -0.15) is 0 Å². The Kier molecular flexibility index (Phi) is 5.17. The van der Waals surface area contributed by atoms with Gasteiger partial charge in [-0.25, -0.2) is 13.2 Å². The first-order valence-corrected chi connectivity index (χ1v) is 6.47. The Hall–Kier alpha value is -1.90. The number of rotatable bonds is 5. The number of nitrogens with two attached hydrogens (primary N) is 1. The monoisotopic (exact) mass is 316 g/mol. The van der Waals surface area contributed by atoms with Crippen LogP contribution in [0, 0.1) is 17.5 Å². The van der Waals surface area contributed by atoms with Crippen molar-refractivity contribution in [1.82, 2.24) is 0 Å². The highest BCUT2D eigenvalue weighted by molar-refractivity contribution is 5.98. The van der Waals surface area contributed by atoms with E-state index in [-0.39, 0.29) is 18.8 Å². The number of benzene rings is 1. The largest absolute Gasteiger partial charge is 0.394 e. The number of halogens is 3. The normalized spacial score (nSPS) is 17.7. The molecule has 22 heavy (non-hydrogen) atoms. The lowest BCUT2D eigenvalue weighted by Gasteiger charge is -2.14. The standard InChI is InChI=1S/C14H15F3N2O3/c1-2-7(6-20)19-13(18)8-5-9(14-21-3-4-22-14)11(16)12(17)10(8)15/h2,5,7,14,20H,1,3-4,6H2,(H2,18,19). The summed E-state index contributed by atoms with van der Waals surface area (Å²) < 4.78 is 51.6. The lowest BCUT2D eigenvalue weighted by molar-refractivity contribution is -0.0469. The van der Waals surface area contributed by atoms with Gasteiger partial charge < -0.3 is 20.3 Å². The number of amidine groups is 1. The summed E-state index contributed by atoms with van der Waals surface area (Å²) in [6.45, 7) is 3.44. The summed E-state index contributed by atoms with van der Waals surface area (Å²) >= 11 is 0. The highest BCUT2D eigenvalue weighted by atomic mass is 19.2. The van der Waals surface area contributed by atoms with Crippen molar-refractivity contribution in [1.29, 1.82) is 0 Å². The molecule has 0 aliphatic carbocycles. The van der Waals surface area contributed by atoms with Crippen LogP contribution in [0.15, 0.2) is 23.7 Å². The first-order valence-electron chi connectivity index (χ1n) is 6.47. The van der Waals surface area contributed by atoms with Crippen molar-refractivity contribution in [2.45, 2.75) is 12.3 Å². The second kappa shape index (κ2) is 6.91. The number of aliphatic imine (C=N–C) groups is 1. The molecule has 8 heteroatoms. The fraction of sp³-hybridized carbons (Fsp3) is 0.357. The molecule has 1 aliphatic heterocycles. The molecule has 0 aromatic heterocycles. The van der Waals surface area contributed by atoms with Gasteiger partial charge in [0.25, 0.3) is 0 Å². The first-order chi connectivity index (χ1) is 10.5. The van der Waals surface area contributed by atoms with Crippen molar-refractivity contribution >= 4 is 5.84 Å². The smallest absolute Gasteiger partial charge is 0.195 e. The molecule has 2 rings (SSSR count). The molecule has 0 bridgehead atoms. The molecule has 3 N–H and O–H groups in total. The molecule has 1 aromatic rings. The summed E-state index contributed by atoms with van der Waals surface area (Å²) in [4.78, 5) is 3.80. The predicted molar refractivity (Wildman–Crippen MR) is 72.8 cm³/mol. The van der Waals surface area contributed by atoms with E-state index in [1.165, 1.54) is 6.08 Å². The van der Waals surface area contributed by atoms with Crippen LogP contribution in [0.5, 0.6) is 0 Å². The topological polar surface area (TPSA) is 77.1 Å². The van der Waals surface area contributed by atoms with Crippen molar-refractivity contribution < 1.29 is 27.8 Å². The van der Waals surface area contributed by atoms with Crippen molar-refractivity contribution in [3.05, 3.63) is 47.3 Å². The third-order valence-corrected chi connectivity index (χ3v) is 3.09. The molecule has 0 spiro atoms. The minimum atomic E-state index is -1.69. The van der Waals surface area contributed by atoms with E-state index in [0.29, 0.717) is 0 Å². The van der Waals surface area contributed by atoms with Crippen molar-refractivity contribution in [3.63, 3.8) is 0 Å². The molecular formula is C14H15F3N2O3. The average molecular weight is 316 g/mol. The van der Waals surface area contributed by atoms with Gasteiger partial charge in [0.15, 0.2) is 23.7 Å². The van der Waals surface area contributed by atoms with Gasteiger partial charge in [0.05, 0.1) is 31.4 Å². The average Bonchev–Trinajstić information content (AvgIpc) is 3.04. The van der Waals surface area contributed by atoms with E-state index in [0.717, 1.165) is 6.07 Å². The van der Waals surface area contributed by atoms with E-state index in [1.807, 2.05) is 0 Å². The maximum Gasteiger partial charge on any atom is 0.195 e. The molecule has 5 nitrogen and oxygen atoms in total. The Morgan fingerprint density at radius 3 is 2.55 bits per heavy atom. The summed E-state index contributed by atoms with van der Waals surface area (Å²) in [6, 6.07) is 0.204. The number of nitrogens with zero attached hydrogens (tertiary/aromatic N) is 1. The van der Waals surface area contributed by atoms with Gasteiger partial charge in [-0.1, -0.05) is 6.08 Å². The van der Waals surface area contributed by atoms with Crippen LogP contribution in [0.1, 0.15) is 17.4 Å². The van der Waals surface area contributed by atoms with Gasteiger partial charge >= 0.3 is 0 Å². The lowest BCUT2D eigenvalue weighted by atomic mass is 10.1. The Morgan fingerprint density at radius 2 is 2.00 bits per heavy atom. The zero-order chi connectivity index (χ0) is 16.3. The SMILES string of the molecule is C=CC(CO)N=C(N)c1cc(C2OCCO2)c(F)c(F)c1F. The third kappa shape index (κ3) is 3.13. The van der Waals surface area contributed by atoms with E-state index in [2.05, 4.69) is 11.6 Å².